The van der Waals surface area contributed by atoms with Crippen molar-refractivity contribution in [1.29, 1.82) is 0 Å². The van der Waals surface area contributed by atoms with E-state index in [4.69, 9.17) is 14.6 Å². The van der Waals surface area contributed by atoms with Crippen molar-refractivity contribution in [3.05, 3.63) is 47.3 Å². The topological polar surface area (TPSA) is 88.0 Å². The second kappa shape index (κ2) is 13.1. The molecule has 2 saturated heterocycles. The number of nitrogens with zero attached hydrogens (tertiary/aromatic N) is 4. The van der Waals surface area contributed by atoms with Crippen LogP contribution in [0.2, 0.25) is 0 Å². The fourth-order valence-electron chi connectivity index (χ4n) is 4.88. The Bertz CT molecular complexity index is 1000. The number of benzene rings is 1. The molecule has 1 aromatic carbocycles. The van der Waals surface area contributed by atoms with Gasteiger partial charge >= 0.3 is 0 Å². The molecule has 1 N–H and O–H groups in total. The van der Waals surface area contributed by atoms with Crippen LogP contribution in [0.3, 0.4) is 0 Å². The second-order valence-corrected chi connectivity index (χ2v) is 9.99. The van der Waals surface area contributed by atoms with E-state index in [0.29, 0.717) is 32.2 Å². The van der Waals surface area contributed by atoms with Gasteiger partial charge in [0, 0.05) is 81.5 Å². The van der Waals surface area contributed by atoms with Gasteiger partial charge in [0.15, 0.2) is 0 Å². The van der Waals surface area contributed by atoms with E-state index in [9.17, 15) is 13.6 Å². The molecular weight excluding hydrogens is 482 g/mol. The summed E-state index contributed by atoms with van der Waals surface area (Å²) in [7, 11) is 1.65. The zero-order valence-electron chi connectivity index (χ0n) is 21.4. The minimum atomic E-state index is -0.772. The maximum absolute atomic E-state index is 14.5. The van der Waals surface area contributed by atoms with Crippen molar-refractivity contribution in [2.75, 3.05) is 51.4 Å². The highest BCUT2D eigenvalue weighted by molar-refractivity contribution is 5.79. The molecule has 0 aliphatic carbocycles. The number of methoxy groups -OCH3 is 1. The Kier molecular flexibility index (Phi) is 9.62. The minimum absolute atomic E-state index is 0.0121. The highest BCUT2D eigenvalue weighted by Crippen LogP contribution is 2.26. The molecule has 0 radical (unpaired) electrons. The summed E-state index contributed by atoms with van der Waals surface area (Å²) in [5.74, 6) is -0.290. The molecular formula is C27H36F2N4O4. The Balaban J connectivity index is 1.13. The SMILES string of the molecule is COCc1cnc(N2CCC(CCCCOc3cc(F)c(CC(=O)N4CC(CO)C4)c(F)c3)CC2)nc1. The van der Waals surface area contributed by atoms with Crippen LogP contribution in [0.25, 0.3) is 0 Å². The van der Waals surface area contributed by atoms with Crippen molar-refractivity contribution in [3.63, 3.8) is 0 Å². The molecule has 202 valence electrons. The molecule has 0 spiro atoms. The van der Waals surface area contributed by atoms with Crippen LogP contribution in [0.1, 0.15) is 43.2 Å². The minimum Gasteiger partial charge on any atom is -0.493 e. The first kappa shape index (κ1) is 27.2. The van der Waals surface area contributed by atoms with Gasteiger partial charge in [-0.3, -0.25) is 4.79 Å². The Morgan fingerprint density at radius 2 is 1.76 bits per heavy atom. The van der Waals surface area contributed by atoms with Crippen LogP contribution in [-0.4, -0.2) is 72.4 Å². The maximum atomic E-state index is 14.5. The lowest BCUT2D eigenvalue weighted by Gasteiger charge is -2.38. The van der Waals surface area contributed by atoms with Gasteiger partial charge in [-0.05, 0) is 31.6 Å². The first-order valence-electron chi connectivity index (χ1n) is 13.0. The number of ether oxygens (including phenoxy) is 2. The van der Waals surface area contributed by atoms with Gasteiger partial charge in [0.2, 0.25) is 11.9 Å². The summed E-state index contributed by atoms with van der Waals surface area (Å²) in [5.41, 5.74) is 0.715. The highest BCUT2D eigenvalue weighted by Gasteiger charge is 2.31. The third-order valence-corrected chi connectivity index (χ3v) is 7.19. The summed E-state index contributed by atoms with van der Waals surface area (Å²) in [4.78, 5) is 24.8. The summed E-state index contributed by atoms with van der Waals surface area (Å²) < 4.78 is 39.6. The van der Waals surface area contributed by atoms with E-state index >= 15 is 0 Å². The molecule has 2 fully saturated rings. The number of halogens is 2. The molecule has 3 heterocycles. The fraction of sp³-hybridized carbons (Fsp3) is 0.593. The Hall–Kier alpha value is -2.85. The molecule has 2 aromatic rings. The first-order chi connectivity index (χ1) is 18.0. The van der Waals surface area contributed by atoms with Gasteiger partial charge in [0.1, 0.15) is 17.4 Å². The zero-order chi connectivity index (χ0) is 26.2. The summed E-state index contributed by atoms with van der Waals surface area (Å²) in [6, 6.07) is 2.30. The molecule has 1 amide bonds. The van der Waals surface area contributed by atoms with Gasteiger partial charge in [-0.25, -0.2) is 18.7 Å². The lowest BCUT2D eigenvalue weighted by atomic mass is 9.92. The largest absolute Gasteiger partial charge is 0.493 e. The Morgan fingerprint density at radius 1 is 1.08 bits per heavy atom. The van der Waals surface area contributed by atoms with E-state index in [1.165, 1.54) is 4.90 Å². The molecule has 2 aliphatic heterocycles. The molecule has 10 heteroatoms. The normalized spacial score (nSPS) is 16.6. The highest BCUT2D eigenvalue weighted by atomic mass is 19.1. The van der Waals surface area contributed by atoms with Crippen molar-refractivity contribution in [2.45, 2.75) is 45.1 Å². The lowest BCUT2D eigenvalue weighted by molar-refractivity contribution is -0.137. The maximum Gasteiger partial charge on any atom is 0.227 e. The molecule has 2 aliphatic rings. The smallest absolute Gasteiger partial charge is 0.227 e. The van der Waals surface area contributed by atoms with E-state index in [2.05, 4.69) is 14.9 Å². The quantitative estimate of drug-likeness (QED) is 0.431. The number of anilines is 1. The van der Waals surface area contributed by atoms with E-state index < -0.39 is 11.6 Å². The summed E-state index contributed by atoms with van der Waals surface area (Å²) in [5, 5.41) is 9.05. The zero-order valence-corrected chi connectivity index (χ0v) is 21.4. The number of rotatable bonds is 12. The number of piperidine rings is 1. The fourth-order valence-corrected chi connectivity index (χ4v) is 4.88. The van der Waals surface area contributed by atoms with Gasteiger partial charge in [0.05, 0.1) is 19.6 Å². The Morgan fingerprint density at radius 3 is 2.38 bits per heavy atom. The number of aliphatic hydroxyl groups excluding tert-OH is 1. The third-order valence-electron chi connectivity index (χ3n) is 7.19. The van der Waals surface area contributed by atoms with Crippen molar-refractivity contribution < 1.29 is 28.2 Å². The van der Waals surface area contributed by atoms with Crippen LogP contribution in [0.15, 0.2) is 24.5 Å². The van der Waals surface area contributed by atoms with E-state index in [1.807, 2.05) is 12.4 Å². The molecule has 37 heavy (non-hydrogen) atoms. The predicted molar refractivity (Wildman–Crippen MR) is 134 cm³/mol. The summed E-state index contributed by atoms with van der Waals surface area (Å²) in [6.45, 7) is 3.61. The van der Waals surface area contributed by atoms with Gasteiger partial charge in [-0.2, -0.15) is 0 Å². The number of amides is 1. The number of aliphatic hydroxyl groups is 1. The van der Waals surface area contributed by atoms with Crippen LogP contribution >= 0.6 is 0 Å². The van der Waals surface area contributed by atoms with Crippen molar-refractivity contribution in [2.24, 2.45) is 11.8 Å². The number of hydrogen-bond acceptors (Lipinski definition) is 7. The van der Waals surface area contributed by atoms with Crippen LogP contribution in [-0.2, 0) is 22.6 Å². The standard InChI is InChI=1S/C27H36F2N4O4/c1-36-18-20-13-30-27(31-14-20)32-7-5-19(6-8-32)4-2-3-9-37-22-10-24(28)23(25(29)11-22)12-26(35)33-15-21(16-33)17-34/h10-11,13-14,19,21,34H,2-9,12,15-18H2,1H3. The van der Waals surface area contributed by atoms with E-state index in [1.54, 1.807) is 7.11 Å². The molecule has 4 rings (SSSR count). The van der Waals surface area contributed by atoms with E-state index in [-0.39, 0.29) is 36.2 Å². The van der Waals surface area contributed by atoms with Crippen molar-refractivity contribution >= 4 is 11.9 Å². The number of hydrogen-bond donors (Lipinski definition) is 1. The molecule has 8 nitrogen and oxygen atoms in total. The van der Waals surface area contributed by atoms with Gasteiger partial charge in [-0.1, -0.05) is 6.42 Å². The van der Waals surface area contributed by atoms with Crippen LogP contribution in [0.4, 0.5) is 14.7 Å². The predicted octanol–water partition coefficient (Wildman–Crippen LogP) is 3.36. The average Bonchev–Trinajstić information content (AvgIpc) is 2.86. The molecule has 0 atom stereocenters. The number of aromatic nitrogens is 2. The summed E-state index contributed by atoms with van der Waals surface area (Å²) in [6.07, 6.45) is 8.32. The molecule has 0 saturated carbocycles. The second-order valence-electron chi connectivity index (χ2n) is 9.99. The van der Waals surface area contributed by atoms with Gasteiger partial charge in [-0.15, -0.1) is 0 Å². The first-order valence-corrected chi connectivity index (χ1v) is 13.0. The molecule has 0 unspecified atom stereocenters. The average molecular weight is 519 g/mol. The van der Waals surface area contributed by atoms with Crippen LogP contribution in [0, 0.1) is 23.5 Å². The number of carbonyl (C=O) groups is 1. The summed E-state index contributed by atoms with van der Waals surface area (Å²) >= 11 is 0. The lowest BCUT2D eigenvalue weighted by Crippen LogP contribution is -2.51. The number of carbonyl (C=O) groups excluding carboxylic acids is 1. The van der Waals surface area contributed by atoms with E-state index in [0.717, 1.165) is 68.8 Å². The number of likely N-dealkylation sites (tertiary alicyclic amines) is 1. The van der Waals surface area contributed by atoms with Crippen LogP contribution < -0.4 is 9.64 Å². The van der Waals surface area contributed by atoms with Crippen molar-refractivity contribution in [1.82, 2.24) is 14.9 Å². The third kappa shape index (κ3) is 7.35. The molecule has 1 aromatic heterocycles. The van der Waals surface area contributed by atoms with Crippen molar-refractivity contribution in [3.8, 4) is 5.75 Å². The monoisotopic (exact) mass is 518 g/mol. The Labute approximate surface area is 216 Å². The van der Waals surface area contributed by atoms with Gasteiger partial charge in [0.25, 0.3) is 0 Å². The van der Waals surface area contributed by atoms with Gasteiger partial charge < -0.3 is 24.4 Å². The molecule has 0 bridgehead atoms. The van der Waals surface area contributed by atoms with Crippen LogP contribution in [0.5, 0.6) is 5.75 Å². The number of unbranched alkanes of at least 4 members (excludes halogenated alkanes) is 1.